The van der Waals surface area contributed by atoms with Crippen LogP contribution in [-0.4, -0.2) is 47.3 Å². The van der Waals surface area contributed by atoms with Crippen molar-refractivity contribution in [3.8, 4) is 33.5 Å². The summed E-state index contributed by atoms with van der Waals surface area (Å²) in [6.07, 6.45) is 2.76. The lowest BCUT2D eigenvalue weighted by molar-refractivity contribution is -0.137. The van der Waals surface area contributed by atoms with Crippen LogP contribution < -0.4 is 10.5 Å². The molecule has 0 aliphatic carbocycles. The van der Waals surface area contributed by atoms with Crippen molar-refractivity contribution in [2.75, 3.05) is 0 Å². The smallest absolute Gasteiger partial charge is 0.304 e. The topological polar surface area (TPSA) is 142 Å². The minimum atomic E-state index is -1.05. The largest absolute Gasteiger partial charge is 0.481 e. The molecule has 0 radical (unpaired) electrons. The molecule has 33 heavy (non-hydrogen) atoms. The standard InChI is InChI=1S/C19H15F2N7O3S.ClH/c20-14-5-12(31-19-15(21)3-10(6-24-19)16-7-23-9-32-16)1-2-13(14)18-25-27-28(26-18)8-11(22)4-17(29)30;/h1-3,5-7,9,11H,4,8,22H2,(H,29,30);1H. The van der Waals surface area contributed by atoms with Crippen molar-refractivity contribution in [2.24, 2.45) is 5.73 Å². The number of carboxylic acid groups (broad SMARTS) is 1. The van der Waals surface area contributed by atoms with E-state index in [2.05, 4.69) is 25.4 Å². The van der Waals surface area contributed by atoms with Crippen LogP contribution in [0.2, 0.25) is 0 Å². The molecule has 0 amide bonds. The number of thiazole rings is 1. The van der Waals surface area contributed by atoms with Crippen molar-refractivity contribution in [1.82, 2.24) is 30.2 Å². The molecule has 4 rings (SSSR count). The maximum Gasteiger partial charge on any atom is 0.304 e. The number of nitrogens with two attached hydrogens (primary N) is 1. The fraction of sp³-hybridized carbons (Fsp3) is 0.158. The molecule has 0 bridgehead atoms. The lowest BCUT2D eigenvalue weighted by Gasteiger charge is -2.08. The molecule has 0 fully saturated rings. The SMILES string of the molecule is Cl.NC(CC(=O)O)Cn1nnc(-c2ccc(Oc3ncc(-c4cncs4)cc3F)cc2F)n1. The Hall–Kier alpha value is -3.55. The van der Waals surface area contributed by atoms with Gasteiger partial charge in [-0.25, -0.2) is 13.8 Å². The second kappa shape index (κ2) is 10.4. The van der Waals surface area contributed by atoms with Gasteiger partial charge in [0, 0.05) is 30.1 Å². The fourth-order valence-corrected chi connectivity index (χ4v) is 3.38. The van der Waals surface area contributed by atoms with Gasteiger partial charge in [0.1, 0.15) is 11.6 Å². The quantitative estimate of drug-likeness (QED) is 0.377. The molecule has 3 aromatic heterocycles. The van der Waals surface area contributed by atoms with E-state index in [4.69, 9.17) is 15.6 Å². The number of carbonyl (C=O) groups is 1. The predicted octanol–water partition coefficient (Wildman–Crippen LogP) is 3.15. The minimum Gasteiger partial charge on any atom is -0.481 e. The molecular formula is C19H16ClF2N7O3S. The van der Waals surface area contributed by atoms with Crippen LogP contribution in [0.5, 0.6) is 11.6 Å². The monoisotopic (exact) mass is 495 g/mol. The fourth-order valence-electron chi connectivity index (χ4n) is 2.77. The van der Waals surface area contributed by atoms with E-state index in [1.807, 2.05) is 0 Å². The van der Waals surface area contributed by atoms with E-state index in [0.717, 1.165) is 15.7 Å². The number of aliphatic carboxylic acids is 1. The normalized spacial score (nSPS) is 11.6. The van der Waals surface area contributed by atoms with Crippen LogP contribution in [0.25, 0.3) is 21.8 Å². The van der Waals surface area contributed by atoms with Crippen LogP contribution in [-0.2, 0) is 11.3 Å². The summed E-state index contributed by atoms with van der Waals surface area (Å²) in [5.41, 5.74) is 7.90. The average Bonchev–Trinajstić information content (AvgIpc) is 3.41. The Morgan fingerprint density at radius 1 is 1.24 bits per heavy atom. The first-order valence-electron chi connectivity index (χ1n) is 9.16. The highest BCUT2D eigenvalue weighted by Gasteiger charge is 2.16. The number of tetrazole rings is 1. The molecule has 0 aliphatic rings. The first-order chi connectivity index (χ1) is 15.4. The molecule has 1 unspecified atom stereocenters. The molecular weight excluding hydrogens is 480 g/mol. The van der Waals surface area contributed by atoms with Gasteiger partial charge < -0.3 is 15.6 Å². The Morgan fingerprint density at radius 3 is 2.73 bits per heavy atom. The maximum atomic E-state index is 14.6. The van der Waals surface area contributed by atoms with E-state index in [1.54, 1.807) is 11.7 Å². The van der Waals surface area contributed by atoms with Crippen LogP contribution >= 0.6 is 23.7 Å². The van der Waals surface area contributed by atoms with E-state index >= 15 is 0 Å². The summed E-state index contributed by atoms with van der Waals surface area (Å²) < 4.78 is 34.4. The van der Waals surface area contributed by atoms with Crippen molar-refractivity contribution < 1.29 is 23.4 Å². The first-order valence-corrected chi connectivity index (χ1v) is 10.0. The van der Waals surface area contributed by atoms with Crippen LogP contribution in [0.1, 0.15) is 6.42 Å². The highest BCUT2D eigenvalue weighted by atomic mass is 35.5. The van der Waals surface area contributed by atoms with Gasteiger partial charge in [-0.15, -0.1) is 33.9 Å². The van der Waals surface area contributed by atoms with E-state index < -0.39 is 23.6 Å². The van der Waals surface area contributed by atoms with Gasteiger partial charge in [0.05, 0.1) is 28.9 Å². The van der Waals surface area contributed by atoms with Crippen LogP contribution in [0, 0.1) is 11.6 Å². The van der Waals surface area contributed by atoms with Crippen molar-refractivity contribution in [3.05, 3.63) is 53.8 Å². The zero-order valence-corrected chi connectivity index (χ0v) is 18.3. The molecule has 3 N–H and O–H groups in total. The molecule has 172 valence electrons. The molecule has 0 saturated carbocycles. The Morgan fingerprint density at radius 2 is 2.06 bits per heavy atom. The van der Waals surface area contributed by atoms with Gasteiger partial charge in [0.25, 0.3) is 5.88 Å². The predicted molar refractivity (Wildman–Crippen MR) is 116 cm³/mol. The second-order valence-corrected chi connectivity index (χ2v) is 7.53. The molecule has 0 aliphatic heterocycles. The van der Waals surface area contributed by atoms with Gasteiger partial charge in [-0.2, -0.15) is 4.80 Å². The molecule has 3 heterocycles. The summed E-state index contributed by atoms with van der Waals surface area (Å²) in [5, 5.41) is 20.3. The van der Waals surface area contributed by atoms with Crippen LogP contribution in [0.3, 0.4) is 0 Å². The maximum absolute atomic E-state index is 14.6. The van der Waals surface area contributed by atoms with E-state index in [0.29, 0.717) is 5.56 Å². The number of carboxylic acids is 1. The number of halogens is 3. The first kappa shape index (κ1) is 24.1. The van der Waals surface area contributed by atoms with E-state index in [9.17, 15) is 13.6 Å². The molecule has 10 nitrogen and oxygen atoms in total. The zero-order chi connectivity index (χ0) is 22.7. The number of aromatic nitrogens is 6. The number of benzene rings is 1. The van der Waals surface area contributed by atoms with Gasteiger partial charge in [0.15, 0.2) is 5.82 Å². The van der Waals surface area contributed by atoms with Gasteiger partial charge in [-0.05, 0) is 23.4 Å². The Kier molecular flexibility index (Phi) is 7.58. The number of nitrogens with zero attached hydrogens (tertiary/aromatic N) is 6. The summed E-state index contributed by atoms with van der Waals surface area (Å²) >= 11 is 1.34. The van der Waals surface area contributed by atoms with Crippen molar-refractivity contribution in [3.63, 3.8) is 0 Å². The van der Waals surface area contributed by atoms with Crippen molar-refractivity contribution in [1.29, 1.82) is 0 Å². The molecule has 14 heteroatoms. The third-order valence-corrected chi connectivity index (χ3v) is 5.03. The van der Waals surface area contributed by atoms with Crippen LogP contribution in [0.4, 0.5) is 8.78 Å². The Labute approximate surface area is 195 Å². The number of rotatable bonds is 8. The summed E-state index contributed by atoms with van der Waals surface area (Å²) in [6, 6.07) is 4.35. The van der Waals surface area contributed by atoms with Crippen LogP contribution in [0.15, 0.2) is 42.2 Å². The molecule has 1 aromatic carbocycles. The van der Waals surface area contributed by atoms with E-state index in [-0.39, 0.29) is 48.4 Å². The summed E-state index contributed by atoms with van der Waals surface area (Å²) in [7, 11) is 0. The summed E-state index contributed by atoms with van der Waals surface area (Å²) in [6.45, 7) is 0.00455. The third kappa shape index (κ3) is 5.83. The van der Waals surface area contributed by atoms with E-state index in [1.165, 1.54) is 35.7 Å². The van der Waals surface area contributed by atoms with Gasteiger partial charge in [-0.1, -0.05) is 0 Å². The molecule has 0 saturated heterocycles. The number of pyridine rings is 1. The van der Waals surface area contributed by atoms with Gasteiger partial charge in [0.2, 0.25) is 5.82 Å². The number of hydrogen-bond acceptors (Lipinski definition) is 9. The van der Waals surface area contributed by atoms with Gasteiger partial charge >= 0.3 is 5.97 Å². The molecule has 4 aromatic rings. The van der Waals surface area contributed by atoms with Crippen molar-refractivity contribution in [2.45, 2.75) is 19.0 Å². The number of hydrogen-bond donors (Lipinski definition) is 2. The summed E-state index contributed by atoms with van der Waals surface area (Å²) in [5.74, 6) is -2.78. The third-order valence-electron chi connectivity index (χ3n) is 4.21. The molecule has 1 atom stereocenters. The average molecular weight is 496 g/mol. The number of ether oxygens (including phenoxy) is 1. The lowest BCUT2D eigenvalue weighted by atomic mass is 10.2. The van der Waals surface area contributed by atoms with Gasteiger partial charge in [-0.3, -0.25) is 9.78 Å². The summed E-state index contributed by atoms with van der Waals surface area (Å²) in [4.78, 5) is 20.4. The Bertz CT molecular complexity index is 1260. The second-order valence-electron chi connectivity index (χ2n) is 6.65. The molecule has 0 spiro atoms. The van der Waals surface area contributed by atoms with Crippen molar-refractivity contribution >= 4 is 29.7 Å². The minimum absolute atomic E-state index is 0. The highest BCUT2D eigenvalue weighted by molar-refractivity contribution is 7.13. The Balaban J connectivity index is 0.00000306. The highest BCUT2D eigenvalue weighted by Crippen LogP contribution is 2.30. The zero-order valence-electron chi connectivity index (χ0n) is 16.6. The lowest BCUT2D eigenvalue weighted by Crippen LogP contribution is -2.30.